The van der Waals surface area contributed by atoms with Crippen molar-refractivity contribution in [3.05, 3.63) is 106 Å². The second kappa shape index (κ2) is 19.0. The van der Waals surface area contributed by atoms with Crippen LogP contribution in [0.1, 0.15) is 113 Å². The maximum Gasteiger partial charge on any atom is 0.328 e. The third-order valence-corrected chi connectivity index (χ3v) is 11.0. The van der Waals surface area contributed by atoms with Crippen LogP contribution < -0.4 is 21.3 Å². The highest BCUT2D eigenvalue weighted by atomic mass is 16.5. The van der Waals surface area contributed by atoms with Gasteiger partial charge in [0.1, 0.15) is 23.0 Å². The van der Waals surface area contributed by atoms with Gasteiger partial charge in [0.25, 0.3) is 11.8 Å². The van der Waals surface area contributed by atoms with E-state index in [1.165, 1.54) is 0 Å². The largest absolute Gasteiger partial charge is 0.465 e. The number of aliphatic hydroxyl groups excluding tert-OH is 2. The molecule has 2 aromatic carbocycles. The van der Waals surface area contributed by atoms with E-state index in [1.807, 2.05) is 62.4 Å². The number of hydrogen-bond donors (Lipinski definition) is 6. The predicted octanol–water partition coefficient (Wildman–Crippen LogP) is 5.44. The first-order chi connectivity index (χ1) is 28.4. The number of aromatic nitrogens is 2. The Hall–Kier alpha value is -5.54. The van der Waals surface area contributed by atoms with Crippen molar-refractivity contribution in [1.29, 1.82) is 0 Å². The zero-order valence-corrected chi connectivity index (χ0v) is 34.3. The number of ether oxygens (including phenoxy) is 2. The molecule has 0 radical (unpaired) electrons. The van der Waals surface area contributed by atoms with E-state index in [4.69, 9.17) is 9.47 Å². The summed E-state index contributed by atoms with van der Waals surface area (Å²) in [5.41, 5.74) is 7.62. The highest BCUT2D eigenvalue weighted by Crippen LogP contribution is 2.43. The van der Waals surface area contributed by atoms with E-state index < -0.39 is 36.7 Å². The first-order valence-electron chi connectivity index (χ1n) is 20.2. The lowest BCUT2D eigenvalue weighted by atomic mass is 9.94. The van der Waals surface area contributed by atoms with E-state index in [0.29, 0.717) is 17.3 Å². The summed E-state index contributed by atoms with van der Waals surface area (Å²) in [6.07, 6.45) is 7.26. The molecule has 2 aliphatic carbocycles. The van der Waals surface area contributed by atoms with Crippen molar-refractivity contribution in [2.24, 2.45) is 0 Å². The van der Waals surface area contributed by atoms with Crippen molar-refractivity contribution in [3.8, 4) is 11.1 Å². The summed E-state index contributed by atoms with van der Waals surface area (Å²) in [6.45, 7) is 9.03. The number of nitrogens with one attached hydrogen (secondary N) is 4. The second-order valence-electron chi connectivity index (χ2n) is 15.4. The van der Waals surface area contributed by atoms with Crippen molar-refractivity contribution in [2.45, 2.75) is 96.8 Å². The van der Waals surface area contributed by atoms with Crippen molar-refractivity contribution in [2.75, 3.05) is 37.1 Å². The van der Waals surface area contributed by atoms with E-state index >= 15 is 0 Å². The number of amides is 2. The summed E-state index contributed by atoms with van der Waals surface area (Å²) < 4.78 is 10.2. The van der Waals surface area contributed by atoms with Gasteiger partial charge in [0.15, 0.2) is 0 Å². The normalized spacial score (nSPS) is 15.2. The molecule has 14 heteroatoms. The summed E-state index contributed by atoms with van der Waals surface area (Å²) in [6, 6.07) is 14.1. The molecule has 2 aromatic heterocycles. The van der Waals surface area contributed by atoms with Crippen LogP contribution >= 0.6 is 0 Å². The maximum absolute atomic E-state index is 13.7. The minimum atomic E-state index is -1.28. The van der Waals surface area contributed by atoms with Crippen molar-refractivity contribution < 1.29 is 38.9 Å². The average Bonchev–Trinajstić information content (AvgIpc) is 4.17. The molecular formula is C45H54N6O8. The Morgan fingerprint density at radius 3 is 1.69 bits per heavy atom. The van der Waals surface area contributed by atoms with E-state index in [0.717, 1.165) is 70.2 Å². The highest BCUT2D eigenvalue weighted by Gasteiger charge is 2.35. The third kappa shape index (κ3) is 10.2. The predicted molar refractivity (Wildman–Crippen MR) is 223 cm³/mol. The lowest BCUT2D eigenvalue weighted by Gasteiger charge is -2.26. The van der Waals surface area contributed by atoms with Gasteiger partial charge in [-0.15, -0.1) is 0 Å². The van der Waals surface area contributed by atoms with Gasteiger partial charge in [-0.25, -0.2) is 4.79 Å². The standard InChI is InChI=1S/C45H54N6O8/c1-6-58-43(56)40(24-52)48-21-30-20-46-38(18-34(30)28-14-15-28)41(54)50-36-12-8-10-32(26(36)3)33-11-9-13-37(27(33)4)51-42(55)39-19-35(29-16-17-29)31(22-47-39)23-49-45(5,25-53)44(57)59-7-2/h8-13,18-20,22,28-29,40,48-49,52-53H,6-7,14-17,21,23-25H2,1-5H3,(H,50,54)(H,51,55)/t40?,45-/m0/s1. The number of carbonyl (C=O) groups excluding carboxylic acids is 4. The molecule has 0 aliphatic heterocycles. The summed E-state index contributed by atoms with van der Waals surface area (Å²) in [5.74, 6) is -1.20. The molecule has 0 bridgehead atoms. The van der Waals surface area contributed by atoms with Crippen LogP contribution in [-0.4, -0.2) is 81.9 Å². The lowest BCUT2D eigenvalue weighted by molar-refractivity contribution is -0.152. The lowest BCUT2D eigenvalue weighted by Crippen LogP contribution is -2.53. The Bertz CT molecular complexity index is 2200. The molecule has 2 aliphatic rings. The average molecular weight is 807 g/mol. The van der Waals surface area contributed by atoms with Crippen LogP contribution in [0.5, 0.6) is 0 Å². The molecule has 6 N–H and O–H groups in total. The second-order valence-corrected chi connectivity index (χ2v) is 15.4. The number of aliphatic hydroxyl groups is 2. The van der Waals surface area contributed by atoms with Crippen molar-refractivity contribution in [3.63, 3.8) is 0 Å². The number of pyridine rings is 2. The molecule has 59 heavy (non-hydrogen) atoms. The van der Waals surface area contributed by atoms with Crippen molar-refractivity contribution >= 4 is 35.1 Å². The summed E-state index contributed by atoms with van der Waals surface area (Å²) >= 11 is 0. The Balaban J connectivity index is 1.16. The molecule has 2 saturated carbocycles. The van der Waals surface area contributed by atoms with Crippen LogP contribution in [0.15, 0.2) is 60.9 Å². The fraction of sp³-hybridized carbons (Fsp3) is 0.422. The third-order valence-electron chi connectivity index (χ3n) is 11.0. The summed E-state index contributed by atoms with van der Waals surface area (Å²) in [7, 11) is 0. The van der Waals surface area contributed by atoms with Gasteiger partial charge in [0, 0.05) is 36.9 Å². The van der Waals surface area contributed by atoms with E-state index in [-0.39, 0.29) is 55.4 Å². The van der Waals surface area contributed by atoms with Gasteiger partial charge in [-0.05, 0) is 141 Å². The number of anilines is 2. The van der Waals surface area contributed by atoms with Gasteiger partial charge in [-0.2, -0.15) is 0 Å². The number of esters is 2. The first-order valence-corrected chi connectivity index (χ1v) is 20.2. The van der Waals surface area contributed by atoms with Gasteiger partial charge >= 0.3 is 11.9 Å². The van der Waals surface area contributed by atoms with Gasteiger partial charge in [0.2, 0.25) is 0 Å². The Kier molecular flexibility index (Phi) is 13.9. The molecule has 312 valence electrons. The molecule has 2 atom stereocenters. The molecule has 4 aromatic rings. The van der Waals surface area contributed by atoms with Gasteiger partial charge in [-0.1, -0.05) is 24.3 Å². The molecular weight excluding hydrogens is 753 g/mol. The number of hydrogen-bond acceptors (Lipinski definition) is 12. The van der Waals surface area contributed by atoms with Gasteiger partial charge in [0.05, 0.1) is 26.4 Å². The highest BCUT2D eigenvalue weighted by molar-refractivity contribution is 6.05. The molecule has 1 unspecified atom stereocenters. The first kappa shape index (κ1) is 43.0. The van der Waals surface area contributed by atoms with Crippen LogP contribution in [0, 0.1) is 13.8 Å². The quantitative estimate of drug-likeness (QED) is 0.0657. The van der Waals surface area contributed by atoms with E-state index in [1.54, 1.807) is 33.2 Å². The van der Waals surface area contributed by atoms with Crippen LogP contribution in [0.2, 0.25) is 0 Å². The maximum atomic E-state index is 13.7. The molecule has 0 saturated heterocycles. The van der Waals surface area contributed by atoms with Crippen LogP contribution in [0.3, 0.4) is 0 Å². The molecule has 14 nitrogen and oxygen atoms in total. The molecule has 2 fully saturated rings. The monoisotopic (exact) mass is 806 g/mol. The summed E-state index contributed by atoms with van der Waals surface area (Å²) in [5, 5.41) is 31.9. The number of benzene rings is 2. The number of nitrogens with zero attached hydrogens (tertiary/aromatic N) is 2. The zero-order valence-electron chi connectivity index (χ0n) is 34.3. The van der Waals surface area contributed by atoms with Gasteiger partial charge < -0.3 is 30.3 Å². The SMILES string of the molecule is CCOC(=O)C(CO)NCc1cnc(C(=O)Nc2cccc(-c3cccc(NC(=O)c4cc(C5CC5)c(CN[C@@](C)(CO)C(=O)OCC)cn4)c3C)c2C)cc1C1CC1. The fourth-order valence-corrected chi connectivity index (χ4v) is 7.06. The summed E-state index contributed by atoms with van der Waals surface area (Å²) in [4.78, 5) is 61.0. The van der Waals surface area contributed by atoms with Crippen LogP contribution in [0.4, 0.5) is 11.4 Å². The van der Waals surface area contributed by atoms with Crippen LogP contribution in [0.25, 0.3) is 11.1 Å². The van der Waals surface area contributed by atoms with Crippen molar-refractivity contribution in [1.82, 2.24) is 20.6 Å². The molecule has 6 rings (SSSR count). The Labute approximate surface area is 344 Å². The van der Waals surface area contributed by atoms with Gasteiger partial charge in [-0.3, -0.25) is 35.0 Å². The fourth-order valence-electron chi connectivity index (χ4n) is 7.06. The Morgan fingerprint density at radius 2 is 1.25 bits per heavy atom. The molecule has 2 amide bonds. The van der Waals surface area contributed by atoms with Crippen LogP contribution in [-0.2, 0) is 32.2 Å². The van der Waals surface area contributed by atoms with E-state index in [9.17, 15) is 29.4 Å². The topological polar surface area (TPSA) is 201 Å². The zero-order chi connectivity index (χ0) is 42.3. The minimum Gasteiger partial charge on any atom is -0.465 e. The number of carbonyl (C=O) groups is 4. The smallest absolute Gasteiger partial charge is 0.328 e. The Morgan fingerprint density at radius 1 is 0.763 bits per heavy atom. The molecule has 2 heterocycles. The van der Waals surface area contributed by atoms with E-state index in [2.05, 4.69) is 31.2 Å². The minimum absolute atomic E-state index is 0.202. The number of rotatable bonds is 19. The molecule has 0 spiro atoms.